The van der Waals surface area contributed by atoms with E-state index in [0.717, 1.165) is 12.8 Å². The van der Waals surface area contributed by atoms with Crippen molar-refractivity contribution in [3.05, 3.63) is 29.3 Å². The summed E-state index contributed by atoms with van der Waals surface area (Å²) in [6, 6.07) is 6.59. The maximum Gasteiger partial charge on any atom is 0.242 e. The van der Waals surface area contributed by atoms with Crippen molar-refractivity contribution >= 4 is 33.0 Å². The molecule has 6 heteroatoms. The lowest BCUT2D eigenvalue weighted by Gasteiger charge is -2.17. The first-order valence-electron chi connectivity index (χ1n) is 6.70. The van der Waals surface area contributed by atoms with Crippen LogP contribution < -0.4 is 5.32 Å². The molecule has 0 heterocycles. The Labute approximate surface area is 124 Å². The highest BCUT2D eigenvalue weighted by atomic mass is 35.5. The molecule has 2 rings (SSSR count). The SMILES string of the molecule is CC(C(=O)Nc1ccc(Cl)cc1)S(=O)(=O)C1CCCC1. The standard InChI is InChI=1S/C14H18ClNO3S/c1-10(20(18,19)13-4-2-3-5-13)14(17)16-12-8-6-11(15)7-9-12/h6-10,13H,2-5H2,1H3,(H,16,17). The zero-order chi connectivity index (χ0) is 14.8. The van der Waals surface area contributed by atoms with Gasteiger partial charge in [0.2, 0.25) is 5.91 Å². The fourth-order valence-electron chi connectivity index (χ4n) is 2.43. The number of amides is 1. The summed E-state index contributed by atoms with van der Waals surface area (Å²) in [5.74, 6) is -0.487. The van der Waals surface area contributed by atoms with Gasteiger partial charge in [-0.05, 0) is 44.0 Å². The van der Waals surface area contributed by atoms with Crippen LogP contribution in [-0.4, -0.2) is 24.8 Å². The van der Waals surface area contributed by atoms with Gasteiger partial charge in [0.15, 0.2) is 9.84 Å². The van der Waals surface area contributed by atoms with E-state index in [2.05, 4.69) is 5.32 Å². The van der Waals surface area contributed by atoms with Gasteiger partial charge < -0.3 is 5.32 Å². The minimum absolute atomic E-state index is 0.367. The molecule has 1 atom stereocenters. The number of hydrogen-bond acceptors (Lipinski definition) is 3. The summed E-state index contributed by atoms with van der Waals surface area (Å²) in [5, 5.41) is 1.79. The van der Waals surface area contributed by atoms with Crippen LogP contribution in [0.4, 0.5) is 5.69 Å². The molecule has 1 aromatic rings. The van der Waals surface area contributed by atoms with Crippen LogP contribution in [0.25, 0.3) is 0 Å². The monoisotopic (exact) mass is 315 g/mol. The average molecular weight is 316 g/mol. The quantitative estimate of drug-likeness (QED) is 0.929. The number of rotatable bonds is 4. The van der Waals surface area contributed by atoms with Crippen LogP contribution in [0.1, 0.15) is 32.6 Å². The molecule has 0 radical (unpaired) electrons. The van der Waals surface area contributed by atoms with Crippen LogP contribution in [0.2, 0.25) is 5.02 Å². The van der Waals surface area contributed by atoms with E-state index in [0.29, 0.717) is 23.6 Å². The van der Waals surface area contributed by atoms with Gasteiger partial charge in [0.25, 0.3) is 0 Å². The third-order valence-electron chi connectivity index (χ3n) is 3.74. The Balaban J connectivity index is 2.06. The largest absolute Gasteiger partial charge is 0.325 e. The van der Waals surface area contributed by atoms with Crippen molar-refractivity contribution in [2.75, 3.05) is 5.32 Å². The van der Waals surface area contributed by atoms with Crippen LogP contribution >= 0.6 is 11.6 Å². The summed E-state index contributed by atoms with van der Waals surface area (Å²) in [6.07, 6.45) is 3.19. The number of sulfone groups is 1. The Hall–Kier alpha value is -1.07. The third-order valence-corrected chi connectivity index (χ3v) is 6.59. The number of benzene rings is 1. The summed E-state index contributed by atoms with van der Waals surface area (Å²) in [7, 11) is -3.40. The molecule has 110 valence electrons. The van der Waals surface area contributed by atoms with E-state index in [4.69, 9.17) is 11.6 Å². The zero-order valence-electron chi connectivity index (χ0n) is 11.3. The van der Waals surface area contributed by atoms with Gasteiger partial charge in [-0.3, -0.25) is 4.79 Å². The van der Waals surface area contributed by atoms with Gasteiger partial charge >= 0.3 is 0 Å². The topological polar surface area (TPSA) is 63.2 Å². The molecule has 0 aromatic heterocycles. The normalized spacial score (nSPS) is 17.9. The van der Waals surface area contributed by atoms with Crippen molar-refractivity contribution in [3.63, 3.8) is 0 Å². The van der Waals surface area contributed by atoms with E-state index in [1.807, 2.05) is 0 Å². The molecule has 1 unspecified atom stereocenters. The summed E-state index contributed by atoms with van der Waals surface area (Å²) >= 11 is 5.76. The Morgan fingerprint density at radius 1 is 1.25 bits per heavy atom. The van der Waals surface area contributed by atoms with Gasteiger partial charge in [0, 0.05) is 10.7 Å². The van der Waals surface area contributed by atoms with Crippen molar-refractivity contribution < 1.29 is 13.2 Å². The smallest absolute Gasteiger partial charge is 0.242 e. The molecule has 0 saturated heterocycles. The van der Waals surface area contributed by atoms with Gasteiger partial charge in [-0.15, -0.1) is 0 Å². The van der Waals surface area contributed by atoms with Crippen LogP contribution in [0.3, 0.4) is 0 Å². The number of nitrogens with one attached hydrogen (secondary N) is 1. The van der Waals surface area contributed by atoms with Gasteiger partial charge in [0.05, 0.1) is 5.25 Å². The van der Waals surface area contributed by atoms with Crippen molar-refractivity contribution in [3.8, 4) is 0 Å². The highest BCUT2D eigenvalue weighted by Crippen LogP contribution is 2.27. The molecule has 1 aliphatic carbocycles. The second-order valence-electron chi connectivity index (χ2n) is 5.13. The molecule has 0 aliphatic heterocycles. The summed E-state index contributed by atoms with van der Waals surface area (Å²) in [4.78, 5) is 12.1. The second kappa shape index (κ2) is 6.14. The second-order valence-corrected chi connectivity index (χ2v) is 8.12. The first-order chi connectivity index (χ1) is 9.41. The maximum absolute atomic E-state index is 12.3. The molecule has 1 aromatic carbocycles. The summed E-state index contributed by atoms with van der Waals surface area (Å²) < 4.78 is 24.7. The maximum atomic E-state index is 12.3. The number of halogens is 1. The Morgan fingerprint density at radius 2 is 1.80 bits per heavy atom. The number of carbonyl (C=O) groups is 1. The highest BCUT2D eigenvalue weighted by Gasteiger charge is 2.37. The van der Waals surface area contributed by atoms with Crippen LogP contribution in [0.15, 0.2) is 24.3 Å². The highest BCUT2D eigenvalue weighted by molar-refractivity contribution is 7.93. The minimum Gasteiger partial charge on any atom is -0.325 e. The van der Waals surface area contributed by atoms with E-state index in [1.54, 1.807) is 24.3 Å². The van der Waals surface area contributed by atoms with Crippen LogP contribution in [0, 0.1) is 0 Å². The molecule has 1 N–H and O–H groups in total. The van der Waals surface area contributed by atoms with Gasteiger partial charge in [-0.1, -0.05) is 24.4 Å². The molecule has 1 aliphatic rings. The van der Waals surface area contributed by atoms with E-state index in [9.17, 15) is 13.2 Å². The lowest BCUT2D eigenvalue weighted by molar-refractivity contribution is -0.115. The van der Waals surface area contributed by atoms with Gasteiger partial charge in [-0.25, -0.2) is 8.42 Å². The van der Waals surface area contributed by atoms with Crippen LogP contribution in [0.5, 0.6) is 0 Å². The van der Waals surface area contributed by atoms with E-state index in [-0.39, 0.29) is 5.25 Å². The molecule has 1 saturated carbocycles. The predicted octanol–water partition coefficient (Wildman–Crippen LogP) is 3.02. The fraction of sp³-hybridized carbons (Fsp3) is 0.500. The number of hydrogen-bond donors (Lipinski definition) is 1. The zero-order valence-corrected chi connectivity index (χ0v) is 12.9. The molecular weight excluding hydrogens is 298 g/mol. The Bertz CT molecular complexity index is 577. The minimum atomic E-state index is -3.40. The molecule has 0 spiro atoms. The van der Waals surface area contributed by atoms with Crippen LogP contribution in [-0.2, 0) is 14.6 Å². The molecule has 4 nitrogen and oxygen atoms in total. The Kier molecular flexibility index (Phi) is 4.70. The van der Waals surface area contributed by atoms with E-state index in [1.165, 1.54) is 6.92 Å². The van der Waals surface area contributed by atoms with Crippen molar-refractivity contribution in [1.82, 2.24) is 0 Å². The molecule has 1 fully saturated rings. The summed E-state index contributed by atoms with van der Waals surface area (Å²) in [6.45, 7) is 1.46. The predicted molar refractivity (Wildman–Crippen MR) is 80.7 cm³/mol. The fourth-order valence-corrected chi connectivity index (χ4v) is 4.48. The number of anilines is 1. The first kappa shape index (κ1) is 15.3. The molecular formula is C14H18ClNO3S. The van der Waals surface area contributed by atoms with Gasteiger partial charge in [-0.2, -0.15) is 0 Å². The Morgan fingerprint density at radius 3 is 2.35 bits per heavy atom. The lowest BCUT2D eigenvalue weighted by Crippen LogP contribution is -2.37. The van der Waals surface area contributed by atoms with E-state index >= 15 is 0 Å². The number of carbonyl (C=O) groups excluding carboxylic acids is 1. The summed E-state index contributed by atoms with van der Waals surface area (Å²) in [5.41, 5.74) is 0.549. The lowest BCUT2D eigenvalue weighted by atomic mass is 10.3. The van der Waals surface area contributed by atoms with Crippen molar-refractivity contribution in [2.24, 2.45) is 0 Å². The molecule has 1 amide bonds. The molecule has 0 bridgehead atoms. The molecule has 20 heavy (non-hydrogen) atoms. The van der Waals surface area contributed by atoms with Crippen molar-refractivity contribution in [2.45, 2.75) is 43.1 Å². The van der Waals surface area contributed by atoms with Crippen molar-refractivity contribution in [1.29, 1.82) is 0 Å². The van der Waals surface area contributed by atoms with E-state index < -0.39 is 21.0 Å². The first-order valence-corrected chi connectivity index (χ1v) is 8.69. The third kappa shape index (κ3) is 3.33. The average Bonchev–Trinajstić information content (AvgIpc) is 2.95. The van der Waals surface area contributed by atoms with Gasteiger partial charge in [0.1, 0.15) is 5.25 Å².